The number of ether oxygens (including phenoxy) is 1. The molecule has 1 atom stereocenters. The van der Waals surface area contributed by atoms with E-state index in [0.29, 0.717) is 19.7 Å². The molecule has 0 aromatic heterocycles. The van der Waals surface area contributed by atoms with Crippen LogP contribution < -0.4 is 0 Å². The SMILES string of the molecule is O=S(=O)(C1CC1)N1CCOC(CO)C1. The van der Waals surface area contributed by atoms with Crippen LogP contribution in [0.5, 0.6) is 0 Å². The Kier molecular flexibility index (Phi) is 2.79. The van der Waals surface area contributed by atoms with Gasteiger partial charge < -0.3 is 9.84 Å². The Balaban J connectivity index is 2.03. The second kappa shape index (κ2) is 3.77. The Morgan fingerprint density at radius 3 is 2.71 bits per heavy atom. The molecule has 1 aliphatic carbocycles. The smallest absolute Gasteiger partial charge is 0.217 e. The molecular formula is C8H15NO4S. The lowest BCUT2D eigenvalue weighted by Gasteiger charge is -2.31. The van der Waals surface area contributed by atoms with Gasteiger partial charge in [0, 0.05) is 13.1 Å². The summed E-state index contributed by atoms with van der Waals surface area (Å²) in [7, 11) is -3.09. The zero-order valence-electron chi connectivity index (χ0n) is 7.92. The molecule has 0 amide bonds. The molecule has 0 spiro atoms. The summed E-state index contributed by atoms with van der Waals surface area (Å²) in [5, 5.41) is 8.72. The maximum absolute atomic E-state index is 11.8. The number of sulfonamides is 1. The average molecular weight is 221 g/mol. The Bertz CT molecular complexity index is 298. The summed E-state index contributed by atoms with van der Waals surface area (Å²) < 4.78 is 30.2. The molecule has 1 heterocycles. The van der Waals surface area contributed by atoms with Gasteiger partial charge in [-0.05, 0) is 12.8 Å². The van der Waals surface area contributed by atoms with Crippen LogP contribution in [-0.2, 0) is 14.8 Å². The van der Waals surface area contributed by atoms with E-state index in [1.54, 1.807) is 0 Å². The molecule has 1 saturated carbocycles. The lowest BCUT2D eigenvalue weighted by atomic mass is 10.3. The molecule has 0 aromatic carbocycles. The van der Waals surface area contributed by atoms with Gasteiger partial charge in [-0.15, -0.1) is 0 Å². The van der Waals surface area contributed by atoms with Crippen molar-refractivity contribution >= 4 is 10.0 Å². The summed E-state index contributed by atoms with van der Waals surface area (Å²) in [5.41, 5.74) is 0. The monoisotopic (exact) mass is 221 g/mol. The van der Waals surface area contributed by atoms with Crippen molar-refractivity contribution in [2.75, 3.05) is 26.3 Å². The summed E-state index contributed by atoms with van der Waals surface area (Å²) in [5.74, 6) is 0. The van der Waals surface area contributed by atoms with E-state index in [0.717, 1.165) is 12.8 Å². The molecule has 1 unspecified atom stereocenters. The van der Waals surface area contributed by atoms with Crippen LogP contribution in [-0.4, -0.2) is 55.5 Å². The number of nitrogens with zero attached hydrogens (tertiary/aromatic N) is 1. The van der Waals surface area contributed by atoms with Crippen molar-refractivity contribution in [2.45, 2.75) is 24.2 Å². The summed E-state index contributed by atoms with van der Waals surface area (Å²) in [4.78, 5) is 0. The van der Waals surface area contributed by atoms with Crippen molar-refractivity contribution in [3.63, 3.8) is 0 Å². The summed E-state index contributed by atoms with van der Waals surface area (Å²) in [6, 6.07) is 0. The van der Waals surface area contributed by atoms with E-state index in [1.807, 2.05) is 0 Å². The molecule has 2 fully saturated rings. The molecule has 82 valence electrons. The van der Waals surface area contributed by atoms with E-state index in [2.05, 4.69) is 0 Å². The highest BCUT2D eigenvalue weighted by molar-refractivity contribution is 7.90. The number of aliphatic hydroxyl groups is 1. The normalized spacial score (nSPS) is 30.5. The number of hydrogen-bond donors (Lipinski definition) is 1. The average Bonchev–Trinajstić information content (AvgIpc) is 3.01. The Morgan fingerprint density at radius 2 is 2.14 bits per heavy atom. The van der Waals surface area contributed by atoms with Gasteiger partial charge in [0.05, 0.1) is 24.6 Å². The van der Waals surface area contributed by atoms with Crippen LogP contribution in [0.3, 0.4) is 0 Å². The van der Waals surface area contributed by atoms with Gasteiger partial charge in [0.15, 0.2) is 0 Å². The van der Waals surface area contributed by atoms with Crippen molar-refractivity contribution in [3.05, 3.63) is 0 Å². The fourth-order valence-corrected chi connectivity index (χ4v) is 3.47. The van der Waals surface area contributed by atoms with Gasteiger partial charge in [-0.2, -0.15) is 4.31 Å². The third kappa shape index (κ3) is 1.93. The lowest BCUT2D eigenvalue weighted by Crippen LogP contribution is -2.47. The molecule has 1 aliphatic heterocycles. The predicted octanol–water partition coefficient (Wildman–Crippen LogP) is -0.828. The van der Waals surface area contributed by atoms with E-state index >= 15 is 0 Å². The molecule has 14 heavy (non-hydrogen) atoms. The van der Waals surface area contributed by atoms with Crippen molar-refractivity contribution in [1.82, 2.24) is 4.31 Å². The van der Waals surface area contributed by atoms with Crippen LogP contribution in [0.1, 0.15) is 12.8 Å². The van der Waals surface area contributed by atoms with Crippen molar-refractivity contribution in [1.29, 1.82) is 0 Å². The van der Waals surface area contributed by atoms with Crippen LogP contribution in [0, 0.1) is 0 Å². The van der Waals surface area contributed by atoms with Crippen LogP contribution in [0.2, 0.25) is 0 Å². The quantitative estimate of drug-likeness (QED) is 0.675. The van der Waals surface area contributed by atoms with Gasteiger partial charge in [-0.3, -0.25) is 0 Å². The number of aliphatic hydroxyl groups excluding tert-OH is 1. The van der Waals surface area contributed by atoms with Gasteiger partial charge in [0.1, 0.15) is 0 Å². The molecule has 1 N–H and O–H groups in total. The first-order valence-corrected chi connectivity index (χ1v) is 6.36. The Hall–Kier alpha value is -0.170. The molecule has 0 radical (unpaired) electrons. The first kappa shape index (κ1) is 10.4. The van der Waals surface area contributed by atoms with E-state index in [-0.39, 0.29) is 18.0 Å². The zero-order valence-corrected chi connectivity index (χ0v) is 8.74. The van der Waals surface area contributed by atoms with Crippen molar-refractivity contribution in [2.24, 2.45) is 0 Å². The van der Waals surface area contributed by atoms with Gasteiger partial charge in [0.25, 0.3) is 0 Å². The molecule has 1 saturated heterocycles. The minimum absolute atomic E-state index is 0.114. The standard InChI is InChI=1S/C8H15NO4S/c10-6-7-5-9(3-4-13-7)14(11,12)8-1-2-8/h7-8,10H,1-6H2. The number of rotatable bonds is 3. The summed E-state index contributed by atoms with van der Waals surface area (Å²) in [6.45, 7) is 0.999. The number of morpholine rings is 1. The second-order valence-electron chi connectivity index (χ2n) is 3.78. The van der Waals surface area contributed by atoms with E-state index in [4.69, 9.17) is 9.84 Å². The maximum atomic E-state index is 11.8. The van der Waals surface area contributed by atoms with Crippen LogP contribution in [0.4, 0.5) is 0 Å². The first-order valence-electron chi connectivity index (χ1n) is 4.86. The largest absolute Gasteiger partial charge is 0.394 e. The lowest BCUT2D eigenvalue weighted by molar-refractivity contribution is -0.0305. The highest BCUT2D eigenvalue weighted by Crippen LogP contribution is 2.31. The second-order valence-corrected chi connectivity index (χ2v) is 5.99. The molecule has 2 aliphatic rings. The van der Waals surface area contributed by atoms with Crippen LogP contribution in [0.25, 0.3) is 0 Å². The van der Waals surface area contributed by atoms with Crippen molar-refractivity contribution in [3.8, 4) is 0 Å². The highest BCUT2D eigenvalue weighted by atomic mass is 32.2. The molecule has 5 nitrogen and oxygen atoms in total. The molecular weight excluding hydrogens is 206 g/mol. The summed E-state index contributed by atoms with van der Waals surface area (Å²) in [6.07, 6.45) is 1.21. The Morgan fingerprint density at radius 1 is 1.43 bits per heavy atom. The molecule has 6 heteroatoms. The predicted molar refractivity (Wildman–Crippen MR) is 50.3 cm³/mol. The first-order chi connectivity index (χ1) is 6.64. The summed E-state index contributed by atoms with van der Waals surface area (Å²) >= 11 is 0. The Labute approximate surface area is 83.7 Å². The van der Waals surface area contributed by atoms with Gasteiger partial charge >= 0.3 is 0 Å². The van der Waals surface area contributed by atoms with Gasteiger partial charge in [0.2, 0.25) is 10.0 Å². The van der Waals surface area contributed by atoms with Crippen molar-refractivity contribution < 1.29 is 18.3 Å². The minimum atomic E-state index is -3.09. The fraction of sp³-hybridized carbons (Fsp3) is 1.00. The zero-order chi connectivity index (χ0) is 10.2. The third-order valence-corrected chi connectivity index (χ3v) is 4.98. The topological polar surface area (TPSA) is 66.8 Å². The molecule has 2 rings (SSSR count). The van der Waals surface area contributed by atoms with E-state index < -0.39 is 10.0 Å². The molecule has 0 aromatic rings. The fourth-order valence-electron chi connectivity index (χ4n) is 1.61. The minimum Gasteiger partial charge on any atom is -0.394 e. The number of hydrogen-bond acceptors (Lipinski definition) is 4. The third-order valence-electron chi connectivity index (χ3n) is 2.61. The van der Waals surface area contributed by atoms with Crippen LogP contribution >= 0.6 is 0 Å². The van der Waals surface area contributed by atoms with Crippen LogP contribution in [0.15, 0.2) is 0 Å². The highest BCUT2D eigenvalue weighted by Gasteiger charge is 2.41. The van der Waals surface area contributed by atoms with E-state index in [1.165, 1.54) is 4.31 Å². The van der Waals surface area contributed by atoms with E-state index in [9.17, 15) is 8.42 Å². The van der Waals surface area contributed by atoms with Gasteiger partial charge in [-0.1, -0.05) is 0 Å². The maximum Gasteiger partial charge on any atom is 0.217 e. The molecule has 0 bridgehead atoms. The van der Waals surface area contributed by atoms with Gasteiger partial charge in [-0.25, -0.2) is 8.42 Å².